The van der Waals surface area contributed by atoms with Crippen LogP contribution in [0.4, 0.5) is 0 Å². The van der Waals surface area contributed by atoms with Gasteiger partial charge in [0.15, 0.2) is 0 Å². The second-order valence-electron chi connectivity index (χ2n) is 28.1. The molecule has 0 radical (unpaired) electrons. The molecule has 0 aromatic rings. The number of aliphatic hydroxyl groups excluding tert-OH is 1. The Morgan fingerprint density at radius 1 is 0.388 bits per heavy atom. The molecule has 0 saturated heterocycles. The highest BCUT2D eigenvalue weighted by atomic mass is 31.2. The fraction of sp³-hybridized carbons (Fsp3) is 0.961. The van der Waals surface area contributed by atoms with Crippen LogP contribution in [-0.4, -0.2) is 73.4 Å². The van der Waals surface area contributed by atoms with Gasteiger partial charge in [-0.1, -0.05) is 405 Å². The molecule has 0 bridgehead atoms. The molecule has 3 unspecified atom stereocenters. The summed E-state index contributed by atoms with van der Waals surface area (Å²) in [6.45, 7) is 4.90. The summed E-state index contributed by atoms with van der Waals surface area (Å²) in [6, 6.07) is -0.844. The number of carbonyl (C=O) groups excluding carboxylic acids is 1. The first kappa shape index (κ1) is 84.2. The molecule has 9 heteroatoms. The quantitative estimate of drug-likeness (QED) is 0.0243. The molecule has 85 heavy (non-hydrogen) atoms. The highest BCUT2D eigenvalue weighted by Crippen LogP contribution is 2.43. The largest absolute Gasteiger partial charge is 0.472 e. The van der Waals surface area contributed by atoms with Gasteiger partial charge in [-0.2, -0.15) is 0 Å². The Balaban J connectivity index is 3.96. The summed E-state index contributed by atoms with van der Waals surface area (Å²) in [5, 5.41) is 14.1. The Labute approximate surface area is 532 Å². The van der Waals surface area contributed by atoms with Gasteiger partial charge in [0, 0.05) is 6.42 Å². The lowest BCUT2D eigenvalue weighted by Gasteiger charge is -2.25. The van der Waals surface area contributed by atoms with Crippen molar-refractivity contribution in [2.75, 3.05) is 40.9 Å². The van der Waals surface area contributed by atoms with E-state index < -0.39 is 20.0 Å². The van der Waals surface area contributed by atoms with Crippen LogP contribution in [-0.2, 0) is 18.4 Å². The second-order valence-corrected chi connectivity index (χ2v) is 29.6. The van der Waals surface area contributed by atoms with E-state index in [2.05, 4.69) is 19.2 Å². The van der Waals surface area contributed by atoms with Crippen LogP contribution >= 0.6 is 7.82 Å². The van der Waals surface area contributed by atoms with Crippen LogP contribution in [0.2, 0.25) is 0 Å². The smallest absolute Gasteiger partial charge is 0.387 e. The van der Waals surface area contributed by atoms with E-state index in [1.54, 1.807) is 6.08 Å². The van der Waals surface area contributed by atoms with Crippen LogP contribution in [0.5, 0.6) is 0 Å². The van der Waals surface area contributed by atoms with Gasteiger partial charge < -0.3 is 19.8 Å². The Kier molecular flexibility index (Phi) is 67.0. The molecule has 0 aromatic heterocycles. The second kappa shape index (κ2) is 67.6. The molecule has 0 heterocycles. The van der Waals surface area contributed by atoms with E-state index in [4.69, 9.17) is 9.05 Å². The van der Waals surface area contributed by atoms with Crippen molar-refractivity contribution in [3.63, 3.8) is 0 Å². The first-order chi connectivity index (χ1) is 41.5. The summed E-state index contributed by atoms with van der Waals surface area (Å²) >= 11 is 0. The SMILES string of the molecule is CCCCCCCCCCCCCCCCCCCCCCCCCCCCCCC/C=C/C(O)C(COP(=O)(O)OCC[N+](C)(C)C)NC(=O)CCCCCCCCCCCCCCCCCCCCCCCCCCCCCCCCCC. The highest BCUT2D eigenvalue weighted by molar-refractivity contribution is 7.47. The van der Waals surface area contributed by atoms with Crippen molar-refractivity contribution in [3.8, 4) is 0 Å². The molecule has 0 aliphatic carbocycles. The fourth-order valence-electron chi connectivity index (χ4n) is 12.3. The molecular formula is C76H154N2O6P+. The molecule has 0 aliphatic heterocycles. The van der Waals surface area contributed by atoms with Crippen LogP contribution < -0.4 is 5.32 Å². The number of phosphoric ester groups is 1. The Bertz CT molecular complexity index is 1390. The molecule has 0 saturated carbocycles. The Morgan fingerprint density at radius 2 is 0.624 bits per heavy atom. The number of allylic oxidation sites excluding steroid dienone is 1. The van der Waals surface area contributed by atoms with Crippen molar-refractivity contribution in [2.24, 2.45) is 0 Å². The predicted molar refractivity (Wildman–Crippen MR) is 374 cm³/mol. The van der Waals surface area contributed by atoms with Gasteiger partial charge in [-0.05, 0) is 19.3 Å². The van der Waals surface area contributed by atoms with Crippen LogP contribution in [0.15, 0.2) is 12.2 Å². The number of likely N-dealkylation sites (N-methyl/N-ethyl adjacent to an activating group) is 1. The number of amides is 1. The first-order valence-electron chi connectivity index (χ1n) is 38.6. The first-order valence-corrected chi connectivity index (χ1v) is 40.1. The van der Waals surface area contributed by atoms with Crippen molar-refractivity contribution in [1.82, 2.24) is 5.32 Å². The minimum Gasteiger partial charge on any atom is -0.387 e. The number of phosphoric acid groups is 1. The zero-order chi connectivity index (χ0) is 61.9. The number of carbonyl (C=O) groups is 1. The lowest BCUT2D eigenvalue weighted by molar-refractivity contribution is -0.870. The highest BCUT2D eigenvalue weighted by Gasteiger charge is 2.28. The normalized spacial score (nSPS) is 13.5. The van der Waals surface area contributed by atoms with Crippen LogP contribution in [0.25, 0.3) is 0 Å². The standard InChI is InChI=1S/C76H153N2O6P/c1-6-8-10-12-14-16-18-20-22-24-26-28-30-32-34-36-38-40-42-44-46-48-50-52-54-56-58-60-62-64-66-68-70-76(80)77-74(73-84-85(81,82)83-72-71-78(3,4)5)75(79)69-67-65-63-61-59-57-55-53-51-49-47-45-43-41-39-37-35-33-31-29-27-25-23-21-19-17-15-13-11-9-7-2/h67,69,74-75,79H,6-66,68,70-73H2,1-5H3,(H-,77,80,81,82)/p+1/b69-67+. The molecular weight excluding hydrogens is 1070 g/mol. The maximum atomic E-state index is 13.1. The van der Waals surface area contributed by atoms with E-state index in [9.17, 15) is 19.4 Å². The maximum Gasteiger partial charge on any atom is 0.472 e. The average molecular weight is 1220 g/mol. The van der Waals surface area contributed by atoms with Crippen LogP contribution in [0, 0.1) is 0 Å². The molecule has 1 amide bonds. The van der Waals surface area contributed by atoms with Gasteiger partial charge in [-0.3, -0.25) is 13.8 Å². The van der Waals surface area contributed by atoms with Crippen LogP contribution in [0.3, 0.4) is 0 Å². The third-order valence-electron chi connectivity index (χ3n) is 18.3. The maximum absolute atomic E-state index is 13.1. The Hall–Kier alpha value is -0.760. The molecule has 0 spiro atoms. The average Bonchev–Trinajstić information content (AvgIpc) is 3.52. The molecule has 0 aromatic carbocycles. The van der Waals surface area contributed by atoms with E-state index in [0.29, 0.717) is 17.4 Å². The topological polar surface area (TPSA) is 105 Å². The summed E-state index contributed by atoms with van der Waals surface area (Å²) in [4.78, 5) is 23.5. The number of nitrogens with zero attached hydrogens (tertiary/aromatic N) is 1. The van der Waals surface area contributed by atoms with E-state index in [1.165, 1.54) is 366 Å². The molecule has 8 nitrogen and oxygen atoms in total. The molecule has 0 aliphatic rings. The van der Waals surface area contributed by atoms with E-state index >= 15 is 0 Å². The molecule has 508 valence electrons. The van der Waals surface area contributed by atoms with Crippen molar-refractivity contribution < 1.29 is 32.9 Å². The number of unbranched alkanes of at least 4 members (excludes halogenated alkanes) is 60. The number of hydrogen-bond donors (Lipinski definition) is 3. The number of quaternary nitrogens is 1. The summed E-state index contributed by atoms with van der Waals surface area (Å²) < 4.78 is 23.9. The Morgan fingerprint density at radius 3 is 0.871 bits per heavy atom. The van der Waals surface area contributed by atoms with Gasteiger partial charge in [0.05, 0.1) is 39.9 Å². The number of rotatable bonds is 73. The van der Waals surface area contributed by atoms with Crippen molar-refractivity contribution in [3.05, 3.63) is 12.2 Å². The van der Waals surface area contributed by atoms with E-state index in [1.807, 2.05) is 27.2 Å². The van der Waals surface area contributed by atoms with E-state index in [0.717, 1.165) is 32.1 Å². The monoisotopic (exact) mass is 1220 g/mol. The van der Waals surface area contributed by atoms with Gasteiger partial charge in [0.25, 0.3) is 0 Å². The van der Waals surface area contributed by atoms with Crippen molar-refractivity contribution >= 4 is 13.7 Å². The molecule has 3 atom stereocenters. The number of aliphatic hydroxyl groups is 1. The predicted octanol–water partition coefficient (Wildman–Crippen LogP) is 24.8. The lowest BCUT2D eigenvalue weighted by Crippen LogP contribution is -2.45. The van der Waals surface area contributed by atoms with Gasteiger partial charge in [-0.25, -0.2) is 4.57 Å². The summed E-state index contributed by atoms with van der Waals surface area (Å²) in [5.41, 5.74) is 0. The molecule has 0 fully saturated rings. The zero-order valence-corrected chi connectivity index (χ0v) is 59.3. The third kappa shape index (κ3) is 70.6. The number of nitrogens with one attached hydrogen (secondary N) is 1. The zero-order valence-electron chi connectivity index (χ0n) is 58.4. The fourth-order valence-corrected chi connectivity index (χ4v) is 13.0. The minimum atomic E-state index is -4.35. The summed E-state index contributed by atoms with van der Waals surface area (Å²) in [7, 11) is 1.60. The minimum absolute atomic E-state index is 0.0656. The summed E-state index contributed by atoms with van der Waals surface area (Å²) in [5.74, 6) is -0.166. The van der Waals surface area contributed by atoms with Gasteiger partial charge in [-0.15, -0.1) is 0 Å². The van der Waals surface area contributed by atoms with Gasteiger partial charge in [0.2, 0.25) is 5.91 Å². The van der Waals surface area contributed by atoms with Gasteiger partial charge >= 0.3 is 7.82 Å². The van der Waals surface area contributed by atoms with E-state index in [-0.39, 0.29) is 19.1 Å². The molecule has 0 rings (SSSR count). The van der Waals surface area contributed by atoms with Crippen LogP contribution in [0.1, 0.15) is 418 Å². The van der Waals surface area contributed by atoms with Gasteiger partial charge in [0.1, 0.15) is 13.2 Å². The van der Waals surface area contributed by atoms with Crippen molar-refractivity contribution in [1.29, 1.82) is 0 Å². The van der Waals surface area contributed by atoms with Crippen molar-refractivity contribution in [2.45, 2.75) is 431 Å². The third-order valence-corrected chi connectivity index (χ3v) is 19.2. The number of hydrogen-bond acceptors (Lipinski definition) is 5. The molecule has 3 N–H and O–H groups in total. The summed E-state index contributed by atoms with van der Waals surface area (Å²) in [6.07, 6.45) is 88.3. The lowest BCUT2D eigenvalue weighted by atomic mass is 10.0.